The van der Waals surface area contributed by atoms with Crippen LogP contribution in [0.15, 0.2) is 57.9 Å². The van der Waals surface area contributed by atoms with Gasteiger partial charge in [0.25, 0.3) is 0 Å². The van der Waals surface area contributed by atoms with Crippen LogP contribution in [-0.2, 0) is 4.74 Å². The third kappa shape index (κ3) is 2.37. The molecule has 0 aliphatic heterocycles. The summed E-state index contributed by atoms with van der Waals surface area (Å²) in [4.78, 5) is 28.9. The zero-order chi connectivity index (χ0) is 15.5. The third-order valence-corrected chi connectivity index (χ3v) is 3.18. The van der Waals surface area contributed by atoms with Crippen molar-refractivity contribution >= 4 is 17.1 Å². The summed E-state index contributed by atoms with van der Waals surface area (Å²) in [5, 5.41) is 0.255. The van der Waals surface area contributed by atoms with Crippen molar-refractivity contribution < 1.29 is 13.9 Å². The number of carbonyl (C=O) groups is 1. The first-order valence-corrected chi connectivity index (χ1v) is 6.86. The van der Waals surface area contributed by atoms with Crippen LogP contribution in [0, 0.1) is 0 Å². The standard InChI is InChI=1S/C17H13NO4/c1-2-21-17(20)13-14(19)12-9-6-10-18-16(12)22-15(13)11-7-4-3-5-8-11/h3-10H,2H2,1H3. The normalized spacial score (nSPS) is 10.6. The second-order valence-electron chi connectivity index (χ2n) is 4.58. The molecule has 0 unspecified atom stereocenters. The molecule has 2 aromatic heterocycles. The molecule has 0 atom stereocenters. The average Bonchev–Trinajstić information content (AvgIpc) is 2.55. The van der Waals surface area contributed by atoms with Crippen LogP contribution in [0.3, 0.4) is 0 Å². The van der Waals surface area contributed by atoms with Gasteiger partial charge in [-0.3, -0.25) is 4.79 Å². The lowest BCUT2D eigenvalue weighted by Gasteiger charge is -2.08. The highest BCUT2D eigenvalue weighted by Crippen LogP contribution is 2.25. The zero-order valence-electron chi connectivity index (χ0n) is 11.9. The zero-order valence-corrected chi connectivity index (χ0v) is 11.9. The van der Waals surface area contributed by atoms with Crippen molar-refractivity contribution in [2.24, 2.45) is 0 Å². The summed E-state index contributed by atoms with van der Waals surface area (Å²) in [6.07, 6.45) is 1.53. The minimum Gasteiger partial charge on any atom is -0.462 e. The molecule has 0 aliphatic carbocycles. The SMILES string of the molecule is CCOC(=O)c1c(-c2ccccc2)oc2ncccc2c1=O. The maximum absolute atomic E-state index is 12.6. The number of esters is 1. The molecular weight excluding hydrogens is 282 g/mol. The molecule has 3 aromatic rings. The molecule has 110 valence electrons. The molecule has 0 bridgehead atoms. The van der Waals surface area contributed by atoms with Gasteiger partial charge in [0.2, 0.25) is 11.1 Å². The summed E-state index contributed by atoms with van der Waals surface area (Å²) in [5.41, 5.74) is 0.273. The van der Waals surface area contributed by atoms with Crippen LogP contribution in [0.2, 0.25) is 0 Å². The van der Waals surface area contributed by atoms with Gasteiger partial charge in [-0.25, -0.2) is 9.78 Å². The first kappa shape index (κ1) is 14.0. The van der Waals surface area contributed by atoms with Gasteiger partial charge in [-0.1, -0.05) is 30.3 Å². The molecule has 0 spiro atoms. The van der Waals surface area contributed by atoms with E-state index < -0.39 is 11.4 Å². The van der Waals surface area contributed by atoms with Crippen LogP contribution in [0.25, 0.3) is 22.4 Å². The van der Waals surface area contributed by atoms with Crippen molar-refractivity contribution in [2.45, 2.75) is 6.92 Å². The summed E-state index contributed by atoms with van der Waals surface area (Å²) in [5.74, 6) is -0.517. The fourth-order valence-electron chi connectivity index (χ4n) is 2.21. The number of rotatable bonds is 3. The van der Waals surface area contributed by atoms with E-state index in [9.17, 15) is 9.59 Å². The molecule has 0 radical (unpaired) electrons. The predicted octanol–water partition coefficient (Wildman–Crippen LogP) is 3.03. The lowest BCUT2D eigenvalue weighted by molar-refractivity contribution is 0.0524. The number of ether oxygens (including phenoxy) is 1. The summed E-state index contributed by atoms with van der Waals surface area (Å²) in [6, 6.07) is 12.2. The van der Waals surface area contributed by atoms with E-state index in [-0.39, 0.29) is 29.0 Å². The van der Waals surface area contributed by atoms with Gasteiger partial charge in [0, 0.05) is 11.8 Å². The van der Waals surface area contributed by atoms with Gasteiger partial charge >= 0.3 is 5.97 Å². The summed E-state index contributed by atoms with van der Waals surface area (Å²) in [7, 11) is 0. The van der Waals surface area contributed by atoms with Gasteiger partial charge in [0.15, 0.2) is 11.3 Å². The van der Waals surface area contributed by atoms with E-state index in [0.29, 0.717) is 5.56 Å². The van der Waals surface area contributed by atoms with E-state index in [2.05, 4.69) is 4.98 Å². The van der Waals surface area contributed by atoms with Gasteiger partial charge < -0.3 is 9.15 Å². The second kappa shape index (κ2) is 5.81. The van der Waals surface area contributed by atoms with Gasteiger partial charge in [-0.15, -0.1) is 0 Å². The summed E-state index contributed by atoms with van der Waals surface area (Å²) >= 11 is 0. The number of pyridine rings is 1. The number of benzene rings is 1. The van der Waals surface area contributed by atoms with Crippen LogP contribution >= 0.6 is 0 Å². The van der Waals surface area contributed by atoms with E-state index in [1.54, 1.807) is 43.3 Å². The van der Waals surface area contributed by atoms with E-state index in [0.717, 1.165) is 0 Å². The van der Waals surface area contributed by atoms with Gasteiger partial charge in [-0.2, -0.15) is 0 Å². The van der Waals surface area contributed by atoms with Gasteiger partial charge in [0.05, 0.1) is 12.0 Å². The lowest BCUT2D eigenvalue weighted by Crippen LogP contribution is -2.19. The average molecular weight is 295 g/mol. The van der Waals surface area contributed by atoms with Crippen LogP contribution in [0.5, 0.6) is 0 Å². The van der Waals surface area contributed by atoms with Crippen molar-refractivity contribution in [2.75, 3.05) is 6.61 Å². The molecule has 0 fully saturated rings. The molecule has 5 nitrogen and oxygen atoms in total. The van der Waals surface area contributed by atoms with Crippen molar-refractivity contribution in [3.05, 3.63) is 64.4 Å². The molecule has 1 aromatic carbocycles. The quantitative estimate of drug-likeness (QED) is 0.695. The van der Waals surface area contributed by atoms with E-state index in [1.807, 2.05) is 6.07 Å². The van der Waals surface area contributed by atoms with Crippen LogP contribution in [0.4, 0.5) is 0 Å². The first-order valence-electron chi connectivity index (χ1n) is 6.86. The topological polar surface area (TPSA) is 69.4 Å². The summed E-state index contributed by atoms with van der Waals surface area (Å²) < 4.78 is 10.7. The number of fused-ring (bicyclic) bond motifs is 1. The molecule has 0 saturated heterocycles. The molecular formula is C17H13NO4. The van der Waals surface area contributed by atoms with E-state index in [4.69, 9.17) is 9.15 Å². The Morgan fingerprint density at radius 3 is 2.68 bits per heavy atom. The predicted molar refractivity (Wildman–Crippen MR) is 81.7 cm³/mol. The van der Waals surface area contributed by atoms with Crippen LogP contribution in [-0.4, -0.2) is 17.6 Å². The molecule has 0 saturated carbocycles. The van der Waals surface area contributed by atoms with Crippen molar-refractivity contribution in [1.29, 1.82) is 0 Å². The summed E-state index contributed by atoms with van der Waals surface area (Å²) in [6.45, 7) is 1.86. The van der Waals surface area contributed by atoms with Crippen LogP contribution < -0.4 is 5.43 Å². The number of nitrogens with zero attached hydrogens (tertiary/aromatic N) is 1. The van der Waals surface area contributed by atoms with E-state index in [1.165, 1.54) is 6.20 Å². The Bertz CT molecular complexity index is 884. The van der Waals surface area contributed by atoms with E-state index >= 15 is 0 Å². The maximum Gasteiger partial charge on any atom is 0.346 e. The minimum atomic E-state index is -0.694. The Balaban J connectivity index is 2.36. The molecule has 0 N–H and O–H groups in total. The highest BCUT2D eigenvalue weighted by molar-refractivity contribution is 5.98. The smallest absolute Gasteiger partial charge is 0.346 e. The second-order valence-corrected chi connectivity index (χ2v) is 4.58. The highest BCUT2D eigenvalue weighted by Gasteiger charge is 2.23. The third-order valence-electron chi connectivity index (χ3n) is 3.18. The fraction of sp³-hybridized carbons (Fsp3) is 0.118. The fourth-order valence-corrected chi connectivity index (χ4v) is 2.21. The van der Waals surface area contributed by atoms with Gasteiger partial charge in [0.1, 0.15) is 0 Å². The van der Waals surface area contributed by atoms with Crippen molar-refractivity contribution in [3.63, 3.8) is 0 Å². The molecule has 5 heteroatoms. The largest absolute Gasteiger partial charge is 0.462 e. The van der Waals surface area contributed by atoms with Crippen LogP contribution in [0.1, 0.15) is 17.3 Å². The number of hydrogen-bond donors (Lipinski definition) is 0. The minimum absolute atomic E-state index is 0.103. The Morgan fingerprint density at radius 2 is 1.95 bits per heavy atom. The Kier molecular flexibility index (Phi) is 3.70. The molecule has 2 heterocycles. The van der Waals surface area contributed by atoms with Gasteiger partial charge in [-0.05, 0) is 19.1 Å². The molecule has 0 amide bonds. The monoisotopic (exact) mass is 295 g/mol. The van der Waals surface area contributed by atoms with Crippen molar-refractivity contribution in [3.8, 4) is 11.3 Å². The maximum atomic E-state index is 12.6. The Labute approximate surface area is 126 Å². The molecule has 0 aliphatic rings. The number of carbonyl (C=O) groups excluding carboxylic acids is 1. The Morgan fingerprint density at radius 1 is 1.18 bits per heavy atom. The van der Waals surface area contributed by atoms with Crippen molar-refractivity contribution in [1.82, 2.24) is 4.98 Å². The lowest BCUT2D eigenvalue weighted by atomic mass is 10.1. The first-order chi connectivity index (χ1) is 10.7. The molecule has 22 heavy (non-hydrogen) atoms. The highest BCUT2D eigenvalue weighted by atomic mass is 16.5. The molecule has 3 rings (SSSR count). The number of aromatic nitrogens is 1. The Hall–Kier alpha value is -2.95. The number of hydrogen-bond acceptors (Lipinski definition) is 5.